The molecule has 1 saturated carbocycles. The Labute approximate surface area is 219 Å². The predicted molar refractivity (Wildman–Crippen MR) is 145 cm³/mol. The van der Waals surface area contributed by atoms with E-state index in [0.717, 1.165) is 41.3 Å². The van der Waals surface area contributed by atoms with Crippen molar-refractivity contribution >= 4 is 23.7 Å². The molecule has 36 heavy (non-hydrogen) atoms. The van der Waals surface area contributed by atoms with Gasteiger partial charge in [-0.25, -0.2) is 8.78 Å². The summed E-state index contributed by atoms with van der Waals surface area (Å²) in [6.45, 7) is 3.78. The van der Waals surface area contributed by atoms with Crippen molar-refractivity contribution in [1.29, 1.82) is 0 Å². The highest BCUT2D eigenvalue weighted by Gasteiger charge is 2.23. The second-order valence-electron chi connectivity index (χ2n) is 10.1. The first-order chi connectivity index (χ1) is 17.2. The first-order valence-corrected chi connectivity index (χ1v) is 13.4. The van der Waals surface area contributed by atoms with E-state index in [0.29, 0.717) is 5.56 Å². The van der Waals surface area contributed by atoms with Gasteiger partial charge in [-0.05, 0) is 73.7 Å². The number of amides is 1. The van der Waals surface area contributed by atoms with Crippen LogP contribution in [0.1, 0.15) is 72.9 Å². The molecule has 4 nitrogen and oxygen atoms in total. The third kappa shape index (κ3) is 8.41. The van der Waals surface area contributed by atoms with E-state index in [4.69, 9.17) is 0 Å². The van der Waals surface area contributed by atoms with Crippen molar-refractivity contribution in [2.45, 2.75) is 77.3 Å². The van der Waals surface area contributed by atoms with Gasteiger partial charge in [0.1, 0.15) is 0 Å². The van der Waals surface area contributed by atoms with Gasteiger partial charge in [0.15, 0.2) is 0 Å². The highest BCUT2D eigenvalue weighted by atomic mass is 32.1. The van der Waals surface area contributed by atoms with Gasteiger partial charge in [-0.1, -0.05) is 62.4 Å². The Morgan fingerprint density at radius 1 is 1.06 bits per heavy atom. The second-order valence-corrected chi connectivity index (χ2v) is 10.5. The number of hydrogen-bond donors (Lipinski definition) is 2. The van der Waals surface area contributed by atoms with Crippen molar-refractivity contribution in [1.82, 2.24) is 10.2 Å². The number of halogens is 2. The van der Waals surface area contributed by atoms with E-state index in [1.165, 1.54) is 38.5 Å². The molecule has 2 aromatic rings. The third-order valence-electron chi connectivity index (χ3n) is 7.14. The molecule has 0 bridgehead atoms. The molecule has 1 atom stereocenters. The average Bonchev–Trinajstić information content (AvgIpc) is 2.85. The summed E-state index contributed by atoms with van der Waals surface area (Å²) in [5.74, 6) is 0.356. The number of nitrogens with one attached hydrogen (secondary N) is 1. The van der Waals surface area contributed by atoms with Crippen LogP contribution >= 0.6 is 12.6 Å². The molecular formula is C29H38F2N2O2S. The fourth-order valence-electron chi connectivity index (χ4n) is 5.04. The zero-order valence-electron chi connectivity index (χ0n) is 21.3. The van der Waals surface area contributed by atoms with Gasteiger partial charge < -0.3 is 10.2 Å². The fourth-order valence-corrected chi connectivity index (χ4v) is 5.23. The van der Waals surface area contributed by atoms with E-state index in [-0.39, 0.29) is 6.42 Å². The van der Waals surface area contributed by atoms with E-state index in [1.807, 2.05) is 43.3 Å². The number of alkyl halides is 2. The topological polar surface area (TPSA) is 49.4 Å². The molecule has 1 fully saturated rings. The molecule has 1 unspecified atom stereocenters. The van der Waals surface area contributed by atoms with E-state index < -0.39 is 29.9 Å². The molecule has 1 amide bonds. The highest BCUT2D eigenvalue weighted by Crippen LogP contribution is 2.30. The zero-order chi connectivity index (χ0) is 26.1. The maximum Gasteiger partial charge on any atom is 0.252 e. The van der Waals surface area contributed by atoms with E-state index in [9.17, 15) is 18.4 Å². The molecule has 2 aromatic carbocycles. The molecule has 1 aliphatic rings. The zero-order valence-corrected chi connectivity index (χ0v) is 22.2. The molecule has 1 N–H and O–H groups in total. The number of hydrogen-bond acceptors (Lipinski definition) is 3. The van der Waals surface area contributed by atoms with Crippen LogP contribution in [0.2, 0.25) is 0 Å². The van der Waals surface area contributed by atoms with Gasteiger partial charge in [0, 0.05) is 18.5 Å². The predicted octanol–water partition coefficient (Wildman–Crippen LogP) is 6.66. The number of carbonyl (C=O) groups excluding carboxylic acids is 2. The molecule has 7 heteroatoms. The lowest BCUT2D eigenvalue weighted by Crippen LogP contribution is -2.39. The first-order valence-electron chi connectivity index (χ1n) is 12.9. The number of carbonyl (C=O) groups is 2. The molecular weight excluding hydrogens is 478 g/mol. The standard InChI is InChI=1S/C29H38F2N2O2S/c1-20-8-6-7-11-23(20)25-18-22(19-33(2)17-16-21-9-4-3-5-10-21)12-13-24(25)28(34)32-26(29(35)36)14-15-27(30)31/h6-8,11-13,18,21,26-27H,3-5,9-10,14-17,19H2,1-2H3,(H,32,34)(H,35,36). The molecule has 3 rings (SSSR count). The average molecular weight is 517 g/mol. The second kappa shape index (κ2) is 13.9. The van der Waals surface area contributed by atoms with Crippen LogP contribution in [-0.4, -0.2) is 42.0 Å². The summed E-state index contributed by atoms with van der Waals surface area (Å²) in [4.78, 5) is 27.4. The van der Waals surface area contributed by atoms with Gasteiger partial charge in [0.05, 0.1) is 6.04 Å². The van der Waals surface area contributed by atoms with Gasteiger partial charge >= 0.3 is 0 Å². The van der Waals surface area contributed by atoms with Crippen LogP contribution in [0.15, 0.2) is 42.5 Å². The van der Waals surface area contributed by atoms with Crippen molar-refractivity contribution in [3.63, 3.8) is 0 Å². The van der Waals surface area contributed by atoms with Gasteiger partial charge in [-0.15, -0.1) is 12.6 Å². The van der Waals surface area contributed by atoms with Crippen LogP contribution < -0.4 is 5.32 Å². The van der Waals surface area contributed by atoms with Gasteiger partial charge in [0.25, 0.3) is 5.91 Å². The molecule has 0 radical (unpaired) electrons. The Morgan fingerprint density at radius 2 is 1.78 bits per heavy atom. The molecule has 196 valence electrons. The molecule has 0 spiro atoms. The summed E-state index contributed by atoms with van der Waals surface area (Å²) in [5, 5.41) is 2.00. The largest absolute Gasteiger partial charge is 0.341 e. The Balaban J connectivity index is 1.79. The van der Waals surface area contributed by atoms with Crippen LogP contribution in [0.25, 0.3) is 11.1 Å². The van der Waals surface area contributed by atoms with Crippen LogP contribution in [0.4, 0.5) is 8.78 Å². The normalized spacial score (nSPS) is 15.3. The van der Waals surface area contributed by atoms with Crippen molar-refractivity contribution < 1.29 is 18.4 Å². The maximum atomic E-state index is 13.2. The Kier molecular flexibility index (Phi) is 10.9. The summed E-state index contributed by atoms with van der Waals surface area (Å²) < 4.78 is 25.4. The summed E-state index contributed by atoms with van der Waals surface area (Å²) in [6, 6.07) is 12.5. The van der Waals surface area contributed by atoms with Crippen LogP contribution in [-0.2, 0) is 11.3 Å². The number of thiol groups is 1. The van der Waals surface area contributed by atoms with Crippen LogP contribution in [0.5, 0.6) is 0 Å². The van der Waals surface area contributed by atoms with Crippen molar-refractivity contribution in [2.24, 2.45) is 5.92 Å². The lowest BCUT2D eigenvalue weighted by atomic mass is 9.87. The Bertz CT molecular complexity index is 1020. The van der Waals surface area contributed by atoms with Crippen molar-refractivity contribution in [3.8, 4) is 11.1 Å². The van der Waals surface area contributed by atoms with E-state index >= 15 is 0 Å². The maximum absolute atomic E-state index is 13.2. The third-order valence-corrected chi connectivity index (χ3v) is 7.45. The van der Waals surface area contributed by atoms with E-state index in [1.54, 1.807) is 6.07 Å². The molecule has 0 saturated heterocycles. The summed E-state index contributed by atoms with van der Waals surface area (Å²) in [5.41, 5.74) is 4.22. The van der Waals surface area contributed by atoms with Crippen molar-refractivity contribution in [2.75, 3.05) is 13.6 Å². The van der Waals surface area contributed by atoms with Gasteiger partial charge in [-0.3, -0.25) is 9.59 Å². The molecule has 0 heterocycles. The summed E-state index contributed by atoms with van der Waals surface area (Å²) >= 11 is 3.80. The number of rotatable bonds is 12. The SMILES string of the molecule is Cc1ccccc1-c1cc(CN(C)CCC2CCCCC2)ccc1C(=O)NC(CCC(F)F)C(=O)S. The Hall–Kier alpha value is -2.25. The molecule has 0 aromatic heterocycles. The van der Waals surface area contributed by atoms with E-state index in [2.05, 4.69) is 29.9 Å². The van der Waals surface area contributed by atoms with Gasteiger partial charge in [0.2, 0.25) is 11.5 Å². The quantitative estimate of drug-likeness (QED) is 0.310. The summed E-state index contributed by atoms with van der Waals surface area (Å²) in [7, 11) is 2.13. The number of nitrogens with zero attached hydrogens (tertiary/aromatic N) is 1. The van der Waals surface area contributed by atoms with Gasteiger partial charge in [-0.2, -0.15) is 0 Å². The fraction of sp³-hybridized carbons (Fsp3) is 0.517. The minimum absolute atomic E-state index is 0.157. The minimum Gasteiger partial charge on any atom is -0.341 e. The Morgan fingerprint density at radius 3 is 2.44 bits per heavy atom. The van der Waals surface area contributed by atoms with Crippen LogP contribution in [0, 0.1) is 12.8 Å². The van der Waals surface area contributed by atoms with Crippen LogP contribution in [0.3, 0.4) is 0 Å². The molecule has 1 aliphatic carbocycles. The minimum atomic E-state index is -2.55. The number of benzene rings is 2. The highest BCUT2D eigenvalue weighted by molar-refractivity contribution is 7.96. The lowest BCUT2D eigenvalue weighted by molar-refractivity contribution is -0.112. The molecule has 0 aliphatic heterocycles. The van der Waals surface area contributed by atoms with Crippen molar-refractivity contribution in [3.05, 3.63) is 59.2 Å². The lowest BCUT2D eigenvalue weighted by Gasteiger charge is -2.25. The smallest absolute Gasteiger partial charge is 0.252 e. The monoisotopic (exact) mass is 516 g/mol. The summed E-state index contributed by atoms with van der Waals surface area (Å²) in [6.07, 6.45) is 4.75. The number of aryl methyl sites for hydroxylation is 1. The first kappa shape index (κ1) is 28.3.